The van der Waals surface area contributed by atoms with Crippen LogP contribution >= 0.6 is 0 Å². The number of rotatable bonds is 8. The maximum atomic E-state index is 6.18. The topological polar surface area (TPSA) is 26.2 Å². The summed E-state index contributed by atoms with van der Waals surface area (Å²) in [6, 6.07) is 39.7. The van der Waals surface area contributed by atoms with Crippen molar-refractivity contribution < 1.29 is 18.6 Å². The maximum absolute atomic E-state index is 6.18. The molecule has 0 aliphatic carbocycles. The van der Waals surface area contributed by atoms with Crippen LogP contribution in [0.4, 0.5) is 0 Å². The Morgan fingerprint density at radius 2 is 1.22 bits per heavy atom. The van der Waals surface area contributed by atoms with Crippen molar-refractivity contribution in [3.63, 3.8) is 0 Å². The molecule has 4 heteroatoms. The fourth-order valence-corrected chi connectivity index (χ4v) is 7.62. The Kier molecular flexibility index (Phi) is 8.03. The Balaban J connectivity index is 1.33. The molecule has 0 amide bonds. The predicted octanol–water partition coefficient (Wildman–Crippen LogP) is 9.84. The second-order valence-electron chi connectivity index (χ2n) is 12.9. The van der Waals surface area contributed by atoms with Crippen LogP contribution in [0.5, 0.6) is 0 Å². The zero-order chi connectivity index (χ0) is 33.5. The zero-order valence-corrected chi connectivity index (χ0v) is 28.5. The van der Waals surface area contributed by atoms with Crippen LogP contribution in [0.15, 0.2) is 133 Å². The van der Waals surface area contributed by atoms with Crippen LogP contribution in [0.1, 0.15) is 25.0 Å². The lowest BCUT2D eigenvalue weighted by atomic mass is 9.93. The molecule has 6 aromatic carbocycles. The van der Waals surface area contributed by atoms with Crippen LogP contribution in [0.3, 0.4) is 0 Å². The largest absolute Gasteiger partial charge is 0.498 e. The highest BCUT2D eigenvalue weighted by atomic mass is 16.5. The minimum Gasteiger partial charge on any atom is -0.498 e. The molecule has 0 bridgehead atoms. The number of nitrogens with zero attached hydrogens (tertiary/aromatic N) is 2. The molecule has 0 aliphatic heterocycles. The highest BCUT2D eigenvalue weighted by Gasteiger charge is 2.20. The van der Waals surface area contributed by atoms with Gasteiger partial charge in [0.2, 0.25) is 11.0 Å². The molecule has 4 nitrogen and oxygen atoms in total. The summed E-state index contributed by atoms with van der Waals surface area (Å²) in [5.74, 6) is 0.881. The number of hydrogen-bond acceptors (Lipinski definition) is 2. The van der Waals surface area contributed by atoms with Crippen molar-refractivity contribution in [2.75, 3.05) is 13.7 Å². The third-order valence-electron chi connectivity index (χ3n) is 9.90. The van der Waals surface area contributed by atoms with E-state index in [2.05, 4.69) is 150 Å². The molecule has 0 saturated carbocycles. The van der Waals surface area contributed by atoms with Gasteiger partial charge in [0.15, 0.2) is 18.6 Å². The number of methoxy groups -OCH3 is 1. The first-order chi connectivity index (χ1) is 24.0. The van der Waals surface area contributed by atoms with E-state index in [1.54, 1.807) is 7.11 Å². The maximum Gasteiger partial charge on any atom is 0.226 e. The summed E-state index contributed by atoms with van der Waals surface area (Å²) in [5.41, 5.74) is 4.89. The van der Waals surface area contributed by atoms with Gasteiger partial charge in [-0.1, -0.05) is 84.9 Å². The third-order valence-corrected chi connectivity index (χ3v) is 9.90. The van der Waals surface area contributed by atoms with E-state index in [9.17, 15) is 0 Å². The average molecular weight is 641 g/mol. The minimum absolute atomic E-state index is 0.0135. The van der Waals surface area contributed by atoms with E-state index < -0.39 is 0 Å². The molecule has 0 saturated heterocycles. The van der Waals surface area contributed by atoms with Crippen molar-refractivity contribution in [1.82, 2.24) is 0 Å². The number of pyridine rings is 2. The normalized spacial score (nSPS) is 13.1. The summed E-state index contributed by atoms with van der Waals surface area (Å²) in [4.78, 5) is 0. The molecule has 1 unspecified atom stereocenters. The second-order valence-corrected chi connectivity index (χ2v) is 12.9. The van der Waals surface area contributed by atoms with Crippen LogP contribution in [0.25, 0.3) is 77.2 Å². The second kappa shape index (κ2) is 12.8. The first-order valence-corrected chi connectivity index (χ1v) is 17.0. The monoisotopic (exact) mass is 640 g/mol. The smallest absolute Gasteiger partial charge is 0.226 e. The van der Waals surface area contributed by atoms with Crippen LogP contribution in [0, 0.1) is 0 Å². The Bertz CT molecular complexity index is 2620. The standard InChI is InChI=1S/C45H40N2O2/c1-30(48-4)29-31(2)49-28-24-33-14-10-20-39-35-16-6-8-18-37(35)41-22-12-26-47(45(41)43(33)39)27-23-32-13-9-19-38-34-15-5-7-17-36(34)40-21-11-25-46(3)44(40)42(32)38/h5-23,25-27,29-30H,24,28H2,1-4H3/q+2. The Morgan fingerprint density at radius 3 is 1.92 bits per heavy atom. The fourth-order valence-electron chi connectivity index (χ4n) is 7.62. The Morgan fingerprint density at radius 1 is 0.653 bits per heavy atom. The van der Waals surface area contributed by atoms with Gasteiger partial charge < -0.3 is 9.47 Å². The Labute approximate surface area is 286 Å². The summed E-state index contributed by atoms with van der Waals surface area (Å²) in [6.45, 7) is 4.60. The molecule has 240 valence electrons. The summed E-state index contributed by atoms with van der Waals surface area (Å²) in [6.07, 6.45) is 11.7. The molecule has 0 fully saturated rings. The van der Waals surface area contributed by atoms with Gasteiger partial charge in [0.05, 0.1) is 40.0 Å². The van der Waals surface area contributed by atoms with Crippen molar-refractivity contribution >= 4 is 77.2 Å². The first kappa shape index (κ1) is 30.7. The summed E-state index contributed by atoms with van der Waals surface area (Å²) >= 11 is 0. The predicted molar refractivity (Wildman–Crippen MR) is 204 cm³/mol. The molecule has 2 heterocycles. The third kappa shape index (κ3) is 5.39. The fraction of sp³-hybridized carbons (Fsp3) is 0.156. The molecule has 49 heavy (non-hydrogen) atoms. The van der Waals surface area contributed by atoms with Gasteiger partial charge in [-0.15, -0.1) is 0 Å². The van der Waals surface area contributed by atoms with Crippen LogP contribution in [-0.2, 0) is 22.9 Å². The molecule has 0 radical (unpaired) electrons. The van der Waals surface area contributed by atoms with Gasteiger partial charge in [0.25, 0.3) is 0 Å². The van der Waals surface area contributed by atoms with Gasteiger partial charge >= 0.3 is 0 Å². The SMILES string of the molecule is COC(C)C=C(C)OCCc1cccc2c3ccccc3c3ccc[n+](C=Cc4cccc5c6ccccc6c6ccc[n+](C)c6c45)c3c12. The lowest BCUT2D eigenvalue weighted by Gasteiger charge is -2.13. The molecule has 8 rings (SSSR count). The van der Waals surface area contributed by atoms with Crippen LogP contribution < -0.4 is 9.13 Å². The number of ether oxygens (including phenoxy) is 2. The first-order valence-electron chi connectivity index (χ1n) is 17.0. The van der Waals surface area contributed by atoms with Crippen molar-refractivity contribution in [3.8, 4) is 0 Å². The molecule has 1 atom stereocenters. The molecular weight excluding hydrogens is 601 g/mol. The van der Waals surface area contributed by atoms with E-state index in [0.29, 0.717) is 6.61 Å². The molecule has 0 aliphatic rings. The van der Waals surface area contributed by atoms with Crippen LogP contribution in [-0.4, -0.2) is 19.8 Å². The highest BCUT2D eigenvalue weighted by Crippen LogP contribution is 2.37. The molecule has 8 aromatic rings. The average Bonchev–Trinajstić information content (AvgIpc) is 3.14. The van der Waals surface area contributed by atoms with Crippen LogP contribution in [0.2, 0.25) is 0 Å². The van der Waals surface area contributed by atoms with E-state index >= 15 is 0 Å². The molecule has 2 aromatic heterocycles. The van der Waals surface area contributed by atoms with Crippen molar-refractivity contribution in [2.24, 2.45) is 7.05 Å². The van der Waals surface area contributed by atoms with Gasteiger partial charge in [-0.05, 0) is 75.5 Å². The number of aryl methyl sites for hydroxylation is 1. The van der Waals surface area contributed by atoms with E-state index in [1.165, 1.54) is 76.0 Å². The van der Waals surface area contributed by atoms with E-state index in [4.69, 9.17) is 9.47 Å². The number of aromatic nitrogens is 2. The number of allylic oxidation sites excluding steroid dienone is 1. The number of fused-ring (bicyclic) bond motifs is 12. The summed E-state index contributed by atoms with van der Waals surface area (Å²) in [7, 11) is 3.86. The van der Waals surface area contributed by atoms with Gasteiger partial charge in [-0.3, -0.25) is 0 Å². The molecule has 0 spiro atoms. The number of benzene rings is 6. The summed E-state index contributed by atoms with van der Waals surface area (Å²) in [5, 5.41) is 12.6. The minimum atomic E-state index is 0.0135. The molecule has 0 N–H and O–H groups in total. The van der Waals surface area contributed by atoms with Gasteiger partial charge in [0, 0.05) is 31.7 Å². The highest BCUT2D eigenvalue weighted by molar-refractivity contribution is 6.26. The lowest BCUT2D eigenvalue weighted by molar-refractivity contribution is -0.644. The van der Waals surface area contributed by atoms with Gasteiger partial charge in [-0.25, -0.2) is 4.57 Å². The van der Waals surface area contributed by atoms with Crippen molar-refractivity contribution in [2.45, 2.75) is 26.4 Å². The lowest BCUT2D eigenvalue weighted by Crippen LogP contribution is -2.28. The zero-order valence-electron chi connectivity index (χ0n) is 28.5. The summed E-state index contributed by atoms with van der Waals surface area (Å²) < 4.78 is 16.1. The molecular formula is C45H40N2O2+2. The van der Waals surface area contributed by atoms with E-state index in [1.807, 2.05) is 19.9 Å². The van der Waals surface area contributed by atoms with Gasteiger partial charge in [0.1, 0.15) is 7.05 Å². The van der Waals surface area contributed by atoms with Crippen molar-refractivity contribution in [1.29, 1.82) is 0 Å². The quantitative estimate of drug-likeness (QED) is 0.0939. The van der Waals surface area contributed by atoms with Gasteiger partial charge in [-0.2, -0.15) is 4.57 Å². The Hall–Kier alpha value is -5.58. The van der Waals surface area contributed by atoms with E-state index in [0.717, 1.165) is 12.2 Å². The number of hydrogen-bond donors (Lipinski definition) is 0. The van der Waals surface area contributed by atoms with E-state index in [-0.39, 0.29) is 6.10 Å². The van der Waals surface area contributed by atoms with Crippen molar-refractivity contribution in [3.05, 3.63) is 145 Å².